The number of hydrogen-bond donors (Lipinski definition) is 0. The van der Waals surface area contributed by atoms with Crippen LogP contribution in [0.4, 0.5) is 0 Å². The van der Waals surface area contributed by atoms with Gasteiger partial charge in [0.25, 0.3) is 0 Å². The predicted octanol–water partition coefficient (Wildman–Crippen LogP) is 21.3. The van der Waals surface area contributed by atoms with Crippen molar-refractivity contribution in [1.82, 2.24) is 0 Å². The van der Waals surface area contributed by atoms with E-state index in [0.717, 1.165) is 12.8 Å². The molecule has 0 aliphatic heterocycles. The Hall–Kier alpha value is -6.24. The molecule has 0 spiro atoms. The molecule has 0 saturated carbocycles. The first-order chi connectivity index (χ1) is 33.4. The Morgan fingerprint density at radius 1 is 0.536 bits per heavy atom. The quantitative estimate of drug-likeness (QED) is 0.0896. The summed E-state index contributed by atoms with van der Waals surface area (Å²) in [7, 11) is 0. The molecule has 0 heteroatoms. The molecule has 0 bridgehead atoms. The average Bonchev–Trinajstić information content (AvgIpc) is 3.41. The standard InChI is InChI=1S/C39H38.C16H20.C12H16.C2H6/c1-6-25(2)28(5)26(3)23-27(4)29-19-21-30(22-20-29)37-24-38-33-15-8-7-13-31(33)32-14-9-11-17-35(32)39(38)36-18-12-10-16-34(36)37;1-12(2)14-9-6-7-11-16(14)15-10-5-4-8-13(15)3;1-4-10(2)11(3)12-8-6-5-7-9-12;1-2/h7-22,24-25,27H,6,23H2,1-5H3;4-13,15H,1-3H3;5-10H,3-4H2,1-2H3;1-2H3/b28-26+;;;. The molecule has 0 radical (unpaired) electrons. The van der Waals surface area contributed by atoms with Crippen molar-refractivity contribution in [3.8, 4) is 11.1 Å². The van der Waals surface area contributed by atoms with Crippen LogP contribution in [0.5, 0.6) is 0 Å². The van der Waals surface area contributed by atoms with Crippen LogP contribution in [0.2, 0.25) is 0 Å². The van der Waals surface area contributed by atoms with Gasteiger partial charge in [-0.3, -0.25) is 0 Å². The van der Waals surface area contributed by atoms with Gasteiger partial charge in [0.05, 0.1) is 0 Å². The van der Waals surface area contributed by atoms with E-state index in [0.29, 0.717) is 35.5 Å². The van der Waals surface area contributed by atoms with Crippen molar-refractivity contribution in [3.05, 3.63) is 222 Å². The summed E-state index contributed by atoms with van der Waals surface area (Å²) in [5.74, 6) is 3.50. The van der Waals surface area contributed by atoms with E-state index in [1.54, 1.807) is 11.1 Å². The van der Waals surface area contributed by atoms with Gasteiger partial charge in [0.1, 0.15) is 0 Å². The van der Waals surface area contributed by atoms with E-state index in [9.17, 15) is 0 Å². The zero-order chi connectivity index (χ0) is 49.6. The SMILES string of the molecule is C=C(c1ccccc1)C(C)CC.CC.CC(C)c1ccccc1C1C=CC=CC1C.CCC(C)/C(C)=C(\C)CC(C)c1ccc(-c2cc3c4ccccc4c4ccccc4c3c3ccccc23)cc1. The molecule has 5 atom stereocenters. The summed E-state index contributed by atoms with van der Waals surface area (Å²) in [6.45, 7) is 31.0. The smallest absolute Gasteiger partial charge is 0.00842 e. The van der Waals surface area contributed by atoms with Gasteiger partial charge in [-0.1, -0.05) is 263 Å². The molecule has 8 aromatic rings. The lowest BCUT2D eigenvalue weighted by Crippen LogP contribution is -2.10. The van der Waals surface area contributed by atoms with E-state index in [4.69, 9.17) is 0 Å². The van der Waals surface area contributed by atoms with Crippen LogP contribution in [0, 0.1) is 17.8 Å². The molecule has 0 nitrogen and oxygen atoms in total. The van der Waals surface area contributed by atoms with Crippen molar-refractivity contribution in [2.75, 3.05) is 0 Å². The zero-order valence-electron chi connectivity index (χ0n) is 44.1. The van der Waals surface area contributed by atoms with E-state index < -0.39 is 0 Å². The second-order valence-electron chi connectivity index (χ2n) is 19.6. The molecular weight excluding hydrogens is 829 g/mol. The van der Waals surface area contributed by atoms with Gasteiger partial charge in [-0.2, -0.15) is 0 Å². The maximum atomic E-state index is 4.10. The molecule has 356 valence electrons. The van der Waals surface area contributed by atoms with Gasteiger partial charge in [0, 0.05) is 5.92 Å². The minimum atomic E-state index is 0.502. The van der Waals surface area contributed by atoms with E-state index in [1.165, 1.54) is 88.5 Å². The summed E-state index contributed by atoms with van der Waals surface area (Å²) in [5.41, 5.74) is 12.6. The summed E-state index contributed by atoms with van der Waals surface area (Å²) in [5, 5.41) is 10.6. The van der Waals surface area contributed by atoms with Crippen LogP contribution in [-0.2, 0) is 0 Å². The fraction of sp³-hybridized carbons (Fsp3) is 0.304. The number of hydrogen-bond acceptors (Lipinski definition) is 0. The Bertz CT molecular complexity index is 3020. The number of benzene rings is 8. The predicted molar refractivity (Wildman–Crippen MR) is 310 cm³/mol. The Labute approximate surface area is 417 Å². The van der Waals surface area contributed by atoms with Gasteiger partial charge in [-0.15, -0.1) is 0 Å². The summed E-state index contributed by atoms with van der Waals surface area (Å²) in [6.07, 6.45) is 12.4. The Balaban J connectivity index is 0.000000213. The van der Waals surface area contributed by atoms with Crippen molar-refractivity contribution < 1.29 is 0 Å². The van der Waals surface area contributed by atoms with E-state index in [-0.39, 0.29) is 0 Å². The first-order valence-electron chi connectivity index (χ1n) is 26.1. The molecule has 1 aliphatic carbocycles. The van der Waals surface area contributed by atoms with Crippen LogP contribution in [0.1, 0.15) is 142 Å². The second kappa shape index (κ2) is 24.9. The van der Waals surface area contributed by atoms with Crippen molar-refractivity contribution in [2.45, 2.75) is 120 Å². The summed E-state index contributed by atoms with van der Waals surface area (Å²) < 4.78 is 0. The van der Waals surface area contributed by atoms with Crippen molar-refractivity contribution >= 4 is 48.7 Å². The van der Waals surface area contributed by atoms with Gasteiger partial charge in [0.15, 0.2) is 0 Å². The number of allylic oxidation sites excluding steroid dienone is 7. The average molecular weight is 909 g/mol. The van der Waals surface area contributed by atoms with Crippen LogP contribution in [0.15, 0.2) is 200 Å². The summed E-state index contributed by atoms with van der Waals surface area (Å²) >= 11 is 0. The van der Waals surface area contributed by atoms with Crippen LogP contribution >= 0.6 is 0 Å². The summed E-state index contributed by atoms with van der Waals surface area (Å²) in [4.78, 5) is 0. The van der Waals surface area contributed by atoms with Gasteiger partial charge in [-0.25, -0.2) is 0 Å². The fourth-order valence-corrected chi connectivity index (χ4v) is 10.1. The van der Waals surface area contributed by atoms with Gasteiger partial charge in [0.2, 0.25) is 0 Å². The third-order valence-electron chi connectivity index (χ3n) is 14.9. The lowest BCUT2D eigenvalue weighted by molar-refractivity contribution is 0.624. The van der Waals surface area contributed by atoms with E-state index >= 15 is 0 Å². The normalized spacial score (nSPS) is 15.8. The molecule has 0 amide bonds. The molecule has 8 aromatic carbocycles. The van der Waals surface area contributed by atoms with Crippen molar-refractivity contribution in [1.29, 1.82) is 0 Å². The first-order valence-corrected chi connectivity index (χ1v) is 26.1. The van der Waals surface area contributed by atoms with Gasteiger partial charge < -0.3 is 0 Å². The first kappa shape index (κ1) is 52.1. The van der Waals surface area contributed by atoms with E-state index in [2.05, 4.69) is 252 Å². The monoisotopic (exact) mass is 909 g/mol. The van der Waals surface area contributed by atoms with Crippen LogP contribution in [-0.4, -0.2) is 0 Å². The Kier molecular flexibility index (Phi) is 18.8. The highest BCUT2D eigenvalue weighted by Gasteiger charge is 2.20. The highest BCUT2D eigenvalue weighted by Crippen LogP contribution is 2.43. The number of fused-ring (bicyclic) bond motifs is 8. The minimum absolute atomic E-state index is 0.502. The van der Waals surface area contributed by atoms with Crippen LogP contribution in [0.25, 0.3) is 59.8 Å². The highest BCUT2D eigenvalue weighted by atomic mass is 14.2. The lowest BCUT2D eigenvalue weighted by atomic mass is 9.80. The van der Waals surface area contributed by atoms with E-state index in [1.807, 2.05) is 19.9 Å². The minimum Gasteiger partial charge on any atom is -0.0950 e. The number of rotatable bonds is 11. The molecule has 0 fully saturated rings. The summed E-state index contributed by atoms with van der Waals surface area (Å²) in [6, 6.07) is 57.7. The van der Waals surface area contributed by atoms with Crippen LogP contribution < -0.4 is 0 Å². The van der Waals surface area contributed by atoms with Crippen molar-refractivity contribution in [3.63, 3.8) is 0 Å². The third kappa shape index (κ3) is 12.1. The molecule has 0 saturated heterocycles. The highest BCUT2D eigenvalue weighted by molar-refractivity contribution is 6.33. The molecule has 69 heavy (non-hydrogen) atoms. The molecular formula is C69H80. The zero-order valence-corrected chi connectivity index (χ0v) is 44.1. The maximum Gasteiger partial charge on any atom is 0.00842 e. The largest absolute Gasteiger partial charge is 0.0950 e. The molecule has 1 aliphatic rings. The topological polar surface area (TPSA) is 0 Å². The fourth-order valence-electron chi connectivity index (χ4n) is 10.1. The molecule has 0 heterocycles. The second-order valence-corrected chi connectivity index (χ2v) is 19.6. The molecule has 9 rings (SSSR count). The maximum absolute atomic E-state index is 4.10. The Morgan fingerprint density at radius 3 is 1.61 bits per heavy atom. The van der Waals surface area contributed by atoms with Crippen molar-refractivity contribution in [2.24, 2.45) is 17.8 Å². The lowest BCUT2D eigenvalue weighted by Gasteiger charge is -2.24. The molecule has 0 N–H and O–H groups in total. The molecule has 0 aromatic heterocycles. The third-order valence-corrected chi connectivity index (χ3v) is 14.9. The van der Waals surface area contributed by atoms with Gasteiger partial charge >= 0.3 is 0 Å². The molecule has 5 unspecified atom stereocenters. The van der Waals surface area contributed by atoms with Crippen LogP contribution in [0.3, 0.4) is 0 Å². The Morgan fingerprint density at radius 2 is 1.03 bits per heavy atom. The van der Waals surface area contributed by atoms with Gasteiger partial charge in [-0.05, 0) is 151 Å².